The lowest BCUT2D eigenvalue weighted by molar-refractivity contribution is -0.221. The van der Waals surface area contributed by atoms with E-state index in [1.54, 1.807) is 6.26 Å². The number of carbonyl (C=O) groups excluding carboxylic acids is 1. The minimum absolute atomic E-state index is 0.107. The Morgan fingerprint density at radius 2 is 1.96 bits per heavy atom. The lowest BCUT2D eigenvalue weighted by Gasteiger charge is -2.40. The molecule has 1 aromatic rings. The van der Waals surface area contributed by atoms with E-state index in [-0.39, 0.29) is 11.4 Å². The van der Waals surface area contributed by atoms with Crippen LogP contribution in [0.4, 0.5) is 5.82 Å². The second kappa shape index (κ2) is 7.81. The second-order valence-corrected chi connectivity index (χ2v) is 6.41. The van der Waals surface area contributed by atoms with Crippen molar-refractivity contribution in [2.45, 2.75) is 42.7 Å². The SMILES string of the molecule is CSc1nc(N[C@@H]2O[C@H](CO)[C@@H](O)[C@H](O)[C@H]2O)c(C(C)=O)c(=O)n1C. The van der Waals surface area contributed by atoms with E-state index in [0.29, 0.717) is 5.16 Å². The van der Waals surface area contributed by atoms with Crippen molar-refractivity contribution in [1.29, 1.82) is 0 Å². The molecule has 140 valence electrons. The van der Waals surface area contributed by atoms with Gasteiger partial charge in [0.15, 0.2) is 17.2 Å². The molecule has 0 radical (unpaired) electrons. The quantitative estimate of drug-likeness (QED) is 0.220. The van der Waals surface area contributed by atoms with Crippen LogP contribution >= 0.6 is 11.8 Å². The Balaban J connectivity index is 2.43. The molecular formula is C14H21N3O7S. The van der Waals surface area contributed by atoms with Gasteiger partial charge in [-0.15, -0.1) is 0 Å². The molecule has 11 heteroatoms. The van der Waals surface area contributed by atoms with Gasteiger partial charge in [-0.25, -0.2) is 4.98 Å². The molecule has 0 amide bonds. The summed E-state index contributed by atoms with van der Waals surface area (Å²) in [6, 6.07) is 0. The van der Waals surface area contributed by atoms with Crippen LogP contribution in [0.15, 0.2) is 9.95 Å². The van der Waals surface area contributed by atoms with Crippen LogP contribution in [0.2, 0.25) is 0 Å². The lowest BCUT2D eigenvalue weighted by Crippen LogP contribution is -2.60. The van der Waals surface area contributed by atoms with Crippen molar-refractivity contribution in [2.24, 2.45) is 7.05 Å². The monoisotopic (exact) mass is 375 g/mol. The molecule has 1 saturated heterocycles. The van der Waals surface area contributed by atoms with Crippen LogP contribution in [-0.4, -0.2) is 79.3 Å². The van der Waals surface area contributed by atoms with Gasteiger partial charge in [0.1, 0.15) is 35.8 Å². The molecule has 5 atom stereocenters. The smallest absolute Gasteiger partial charge is 0.266 e. The van der Waals surface area contributed by atoms with Crippen LogP contribution in [0.3, 0.4) is 0 Å². The number of ketones is 1. The molecule has 0 spiro atoms. The van der Waals surface area contributed by atoms with E-state index in [2.05, 4.69) is 10.3 Å². The maximum absolute atomic E-state index is 12.4. The molecule has 1 aliphatic rings. The van der Waals surface area contributed by atoms with Gasteiger partial charge >= 0.3 is 0 Å². The molecule has 1 fully saturated rings. The van der Waals surface area contributed by atoms with Gasteiger partial charge in [-0.05, 0) is 13.2 Å². The van der Waals surface area contributed by atoms with Crippen LogP contribution in [0.25, 0.3) is 0 Å². The third-order valence-corrected chi connectivity index (χ3v) is 4.69. The highest BCUT2D eigenvalue weighted by atomic mass is 32.2. The molecule has 2 heterocycles. The fraction of sp³-hybridized carbons (Fsp3) is 0.643. The van der Waals surface area contributed by atoms with Crippen LogP contribution in [0.5, 0.6) is 0 Å². The van der Waals surface area contributed by atoms with E-state index >= 15 is 0 Å². The van der Waals surface area contributed by atoms with Gasteiger partial charge in [0, 0.05) is 7.05 Å². The summed E-state index contributed by atoms with van der Waals surface area (Å²) in [6.45, 7) is 0.610. The van der Waals surface area contributed by atoms with Gasteiger partial charge in [-0.1, -0.05) is 11.8 Å². The van der Waals surface area contributed by atoms with Gasteiger partial charge in [-0.3, -0.25) is 14.2 Å². The number of hydrogen-bond donors (Lipinski definition) is 5. The number of thioether (sulfide) groups is 1. The van der Waals surface area contributed by atoms with E-state index in [0.717, 1.165) is 0 Å². The lowest BCUT2D eigenvalue weighted by atomic mass is 9.98. The number of aliphatic hydroxyl groups excluding tert-OH is 4. The van der Waals surface area contributed by atoms with Gasteiger partial charge in [-0.2, -0.15) is 0 Å². The summed E-state index contributed by atoms with van der Waals surface area (Å²) >= 11 is 1.18. The molecule has 0 saturated carbocycles. The maximum atomic E-state index is 12.4. The summed E-state index contributed by atoms with van der Waals surface area (Å²) in [5.74, 6) is -0.642. The number of hydrogen-bond acceptors (Lipinski definition) is 10. The normalized spacial score (nSPS) is 29.5. The van der Waals surface area contributed by atoms with Crippen molar-refractivity contribution in [3.05, 3.63) is 15.9 Å². The highest BCUT2D eigenvalue weighted by Gasteiger charge is 2.44. The van der Waals surface area contributed by atoms with Crippen LogP contribution in [0.1, 0.15) is 17.3 Å². The van der Waals surface area contributed by atoms with E-state index < -0.39 is 48.6 Å². The minimum Gasteiger partial charge on any atom is -0.394 e. The fourth-order valence-corrected chi connectivity index (χ4v) is 3.08. The molecule has 0 bridgehead atoms. The summed E-state index contributed by atoms with van der Waals surface area (Å²) in [6.07, 6.45) is -5.38. The van der Waals surface area contributed by atoms with E-state index in [1.807, 2.05) is 0 Å². The zero-order chi connectivity index (χ0) is 18.9. The first-order valence-electron chi connectivity index (χ1n) is 7.45. The Labute approximate surface area is 147 Å². The molecule has 25 heavy (non-hydrogen) atoms. The number of rotatable bonds is 5. The Bertz CT molecular complexity index is 708. The van der Waals surface area contributed by atoms with Crippen molar-refractivity contribution in [3.63, 3.8) is 0 Å². The molecule has 2 rings (SSSR count). The molecule has 0 aliphatic carbocycles. The van der Waals surface area contributed by atoms with Gasteiger partial charge in [0.2, 0.25) is 0 Å². The van der Waals surface area contributed by atoms with Crippen molar-refractivity contribution < 1.29 is 30.0 Å². The number of nitrogens with zero attached hydrogens (tertiary/aromatic N) is 2. The first-order valence-corrected chi connectivity index (χ1v) is 8.68. The van der Waals surface area contributed by atoms with Gasteiger partial charge < -0.3 is 30.5 Å². The van der Waals surface area contributed by atoms with Gasteiger partial charge in [0.25, 0.3) is 5.56 Å². The first-order chi connectivity index (χ1) is 11.7. The Morgan fingerprint density at radius 1 is 1.32 bits per heavy atom. The molecule has 0 aromatic carbocycles. The topological polar surface area (TPSA) is 154 Å². The Morgan fingerprint density at radius 3 is 2.48 bits per heavy atom. The zero-order valence-corrected chi connectivity index (χ0v) is 14.7. The van der Waals surface area contributed by atoms with Gasteiger partial charge in [0.05, 0.1) is 6.61 Å². The predicted octanol–water partition coefficient (Wildman–Crippen LogP) is -2.08. The average Bonchev–Trinajstić information content (AvgIpc) is 2.57. The standard InChI is InChI=1S/C14H21N3O7S/c1-5(19)7-11(16-14(25-3)17(2)13(7)23)15-12-10(22)9(21)8(20)6(4-18)24-12/h6,8-10,12,15,18,20-22H,4H2,1-3H3/t6-,8-,9+,10-,12-/m1/s1. The van der Waals surface area contributed by atoms with Crippen molar-refractivity contribution in [3.8, 4) is 0 Å². The molecular weight excluding hydrogens is 354 g/mol. The minimum atomic E-state index is -1.59. The molecule has 10 nitrogen and oxygen atoms in total. The Hall–Kier alpha value is -1.50. The number of ether oxygens (including phenoxy) is 1. The molecule has 0 unspecified atom stereocenters. The highest BCUT2D eigenvalue weighted by molar-refractivity contribution is 7.98. The highest BCUT2D eigenvalue weighted by Crippen LogP contribution is 2.24. The molecule has 5 N–H and O–H groups in total. The van der Waals surface area contributed by atoms with E-state index in [9.17, 15) is 30.0 Å². The Kier molecular flexibility index (Phi) is 6.19. The number of carbonyl (C=O) groups is 1. The number of Topliss-reactive ketones (excluding diaryl/α,β-unsaturated/α-hetero) is 1. The summed E-state index contributed by atoms with van der Waals surface area (Å²) < 4.78 is 6.55. The van der Waals surface area contributed by atoms with Crippen LogP contribution < -0.4 is 10.9 Å². The van der Waals surface area contributed by atoms with Crippen molar-refractivity contribution in [2.75, 3.05) is 18.2 Å². The molecule has 1 aliphatic heterocycles. The maximum Gasteiger partial charge on any atom is 0.266 e. The number of aromatic nitrogens is 2. The summed E-state index contributed by atoms with van der Waals surface area (Å²) in [7, 11) is 1.48. The van der Waals surface area contributed by atoms with E-state index in [1.165, 1.54) is 30.3 Å². The average molecular weight is 375 g/mol. The number of aliphatic hydroxyl groups is 4. The predicted molar refractivity (Wildman–Crippen MR) is 88.7 cm³/mol. The van der Waals surface area contributed by atoms with E-state index in [4.69, 9.17) is 4.74 Å². The third kappa shape index (κ3) is 3.71. The number of nitrogens with one attached hydrogen (secondary N) is 1. The summed E-state index contributed by atoms with van der Waals surface area (Å²) in [4.78, 5) is 28.4. The number of anilines is 1. The van der Waals surface area contributed by atoms with Crippen LogP contribution in [-0.2, 0) is 11.8 Å². The third-order valence-electron chi connectivity index (χ3n) is 3.96. The second-order valence-electron chi connectivity index (χ2n) is 5.64. The van der Waals surface area contributed by atoms with Crippen molar-refractivity contribution in [1.82, 2.24) is 9.55 Å². The molecule has 1 aromatic heterocycles. The van der Waals surface area contributed by atoms with Crippen LogP contribution in [0, 0.1) is 0 Å². The first kappa shape index (κ1) is 19.8. The van der Waals surface area contributed by atoms with Crippen molar-refractivity contribution >= 4 is 23.4 Å². The fourth-order valence-electron chi connectivity index (χ4n) is 2.54. The largest absolute Gasteiger partial charge is 0.394 e. The zero-order valence-electron chi connectivity index (χ0n) is 13.9. The summed E-state index contributed by atoms with van der Waals surface area (Å²) in [5, 5.41) is 41.9. The summed E-state index contributed by atoms with van der Waals surface area (Å²) in [5.41, 5.74) is -0.795.